The van der Waals surface area contributed by atoms with Crippen molar-refractivity contribution < 1.29 is 0 Å². The fourth-order valence-electron chi connectivity index (χ4n) is 4.79. The summed E-state index contributed by atoms with van der Waals surface area (Å²) < 4.78 is 0. The first-order valence-corrected chi connectivity index (χ1v) is 10.0. The van der Waals surface area contributed by atoms with Gasteiger partial charge in [0.2, 0.25) is 0 Å². The first kappa shape index (κ1) is 16.4. The van der Waals surface area contributed by atoms with Crippen LogP contribution in [0.5, 0.6) is 0 Å². The zero-order chi connectivity index (χ0) is 17.4. The molecule has 0 heteroatoms. The van der Waals surface area contributed by atoms with E-state index in [1.807, 2.05) is 0 Å². The molecular weight excluding hydrogens is 300 g/mol. The lowest BCUT2D eigenvalue weighted by atomic mass is 9.83. The van der Waals surface area contributed by atoms with Crippen LogP contribution in [0.25, 0.3) is 33.0 Å². The van der Waals surface area contributed by atoms with Gasteiger partial charge in [0.15, 0.2) is 0 Å². The van der Waals surface area contributed by atoms with Crippen molar-refractivity contribution >= 4 is 10.8 Å². The third-order valence-electron chi connectivity index (χ3n) is 5.66. The molecule has 0 nitrogen and oxygen atoms in total. The Morgan fingerprint density at radius 1 is 0.560 bits per heavy atom. The molecule has 0 atom stereocenters. The van der Waals surface area contributed by atoms with Gasteiger partial charge in [-0.1, -0.05) is 82.5 Å². The van der Waals surface area contributed by atoms with Gasteiger partial charge in [0.25, 0.3) is 0 Å². The molecular formula is C25H28. The Bertz CT molecular complexity index is 930. The van der Waals surface area contributed by atoms with Gasteiger partial charge in [-0.2, -0.15) is 0 Å². The van der Waals surface area contributed by atoms with Gasteiger partial charge >= 0.3 is 0 Å². The van der Waals surface area contributed by atoms with Crippen LogP contribution in [0.4, 0.5) is 0 Å². The number of fused-ring (bicyclic) bond motifs is 3. The summed E-state index contributed by atoms with van der Waals surface area (Å²) in [6.45, 7) is 6.95. The highest BCUT2D eigenvalue weighted by molar-refractivity contribution is 6.17. The molecule has 0 heterocycles. The maximum absolute atomic E-state index is 2.37. The van der Waals surface area contributed by atoms with E-state index >= 15 is 0 Å². The average molecular weight is 328 g/mol. The molecule has 1 aliphatic rings. The minimum absolute atomic E-state index is 1.19. The van der Waals surface area contributed by atoms with Crippen molar-refractivity contribution in [2.45, 2.75) is 59.3 Å². The van der Waals surface area contributed by atoms with Crippen molar-refractivity contribution in [3.8, 4) is 22.3 Å². The number of rotatable bonds is 6. The van der Waals surface area contributed by atoms with Gasteiger partial charge < -0.3 is 0 Å². The van der Waals surface area contributed by atoms with Gasteiger partial charge in [-0.3, -0.25) is 0 Å². The fraction of sp³-hybridized carbons (Fsp3) is 0.360. The Kier molecular flexibility index (Phi) is 4.37. The van der Waals surface area contributed by atoms with E-state index in [0.717, 1.165) is 0 Å². The van der Waals surface area contributed by atoms with Crippen LogP contribution in [-0.2, 0) is 19.3 Å². The van der Waals surface area contributed by atoms with Crippen molar-refractivity contribution in [3.05, 3.63) is 59.2 Å². The fourth-order valence-corrected chi connectivity index (χ4v) is 4.79. The molecule has 25 heavy (non-hydrogen) atoms. The number of hydrogen-bond acceptors (Lipinski definition) is 0. The molecule has 128 valence electrons. The molecule has 4 rings (SSSR count). The third-order valence-corrected chi connectivity index (χ3v) is 5.66. The second-order valence-corrected chi connectivity index (χ2v) is 7.33. The number of aryl methyl sites for hydroxylation is 1. The van der Waals surface area contributed by atoms with E-state index in [-0.39, 0.29) is 0 Å². The molecule has 0 aliphatic heterocycles. The van der Waals surface area contributed by atoms with Crippen LogP contribution < -0.4 is 0 Å². The lowest BCUT2D eigenvalue weighted by Crippen LogP contribution is -2.04. The standard InChI is InChI=1S/C25H28/c1-4-10-17-18(11-5-2)22-15-9-16-23-19-13-7-8-14-21(19)24(25(22)23)20(17)12-6-3/h7-9,13-16H,4-6,10-12H2,1-3H3. The van der Waals surface area contributed by atoms with Crippen LogP contribution in [0.3, 0.4) is 0 Å². The normalized spacial score (nSPS) is 12.0. The van der Waals surface area contributed by atoms with E-state index in [2.05, 4.69) is 63.2 Å². The van der Waals surface area contributed by atoms with Crippen molar-refractivity contribution in [3.63, 3.8) is 0 Å². The molecule has 0 aromatic heterocycles. The molecule has 0 fully saturated rings. The molecule has 0 spiro atoms. The Balaban J connectivity index is 2.17. The summed E-state index contributed by atoms with van der Waals surface area (Å²) in [7, 11) is 0. The highest BCUT2D eigenvalue weighted by Gasteiger charge is 2.27. The lowest BCUT2D eigenvalue weighted by Gasteiger charge is -2.21. The minimum Gasteiger partial charge on any atom is -0.0651 e. The van der Waals surface area contributed by atoms with Crippen molar-refractivity contribution in [2.24, 2.45) is 0 Å². The smallest absolute Gasteiger partial charge is 0.00206 e. The Labute approximate surface area is 151 Å². The zero-order valence-electron chi connectivity index (χ0n) is 15.8. The predicted molar refractivity (Wildman–Crippen MR) is 110 cm³/mol. The summed E-state index contributed by atoms with van der Waals surface area (Å²) in [5.74, 6) is 0. The van der Waals surface area contributed by atoms with E-state index < -0.39 is 0 Å². The molecule has 0 N–H and O–H groups in total. The van der Waals surface area contributed by atoms with E-state index in [4.69, 9.17) is 0 Å². The number of hydrogen-bond donors (Lipinski definition) is 0. The Morgan fingerprint density at radius 2 is 1.16 bits per heavy atom. The molecule has 3 aromatic carbocycles. The van der Waals surface area contributed by atoms with Gasteiger partial charge in [-0.15, -0.1) is 0 Å². The molecule has 3 aromatic rings. The van der Waals surface area contributed by atoms with Crippen LogP contribution >= 0.6 is 0 Å². The van der Waals surface area contributed by atoms with Crippen LogP contribution in [0.2, 0.25) is 0 Å². The zero-order valence-corrected chi connectivity index (χ0v) is 15.8. The maximum Gasteiger partial charge on any atom is -0.00206 e. The molecule has 1 aliphatic carbocycles. The second kappa shape index (κ2) is 6.67. The monoisotopic (exact) mass is 328 g/mol. The average Bonchev–Trinajstić information content (AvgIpc) is 2.97. The van der Waals surface area contributed by atoms with Gasteiger partial charge in [0, 0.05) is 0 Å². The van der Waals surface area contributed by atoms with Crippen LogP contribution in [0.15, 0.2) is 42.5 Å². The first-order chi connectivity index (χ1) is 12.3. The van der Waals surface area contributed by atoms with Crippen LogP contribution in [-0.4, -0.2) is 0 Å². The third kappa shape index (κ3) is 2.42. The van der Waals surface area contributed by atoms with Crippen LogP contribution in [0, 0.1) is 0 Å². The SMILES string of the molecule is CCCc1c(CCC)c2c3c(cccc3c1CCC)-c1ccccc1-2. The first-order valence-electron chi connectivity index (χ1n) is 10.0. The minimum atomic E-state index is 1.19. The largest absolute Gasteiger partial charge is 0.0651 e. The summed E-state index contributed by atoms with van der Waals surface area (Å²) in [5.41, 5.74) is 10.8. The second-order valence-electron chi connectivity index (χ2n) is 7.33. The summed E-state index contributed by atoms with van der Waals surface area (Å²) in [5, 5.41) is 3.03. The van der Waals surface area contributed by atoms with Crippen molar-refractivity contribution in [1.82, 2.24) is 0 Å². The summed E-state index contributed by atoms with van der Waals surface area (Å²) in [6, 6.07) is 16.0. The summed E-state index contributed by atoms with van der Waals surface area (Å²) in [4.78, 5) is 0. The summed E-state index contributed by atoms with van der Waals surface area (Å²) >= 11 is 0. The highest BCUT2D eigenvalue weighted by Crippen LogP contribution is 2.51. The number of benzene rings is 3. The topological polar surface area (TPSA) is 0 Å². The Hall–Kier alpha value is -2.08. The molecule has 0 unspecified atom stereocenters. The van der Waals surface area contributed by atoms with E-state index in [1.54, 1.807) is 22.3 Å². The molecule has 0 amide bonds. The van der Waals surface area contributed by atoms with Gasteiger partial charge in [0.1, 0.15) is 0 Å². The van der Waals surface area contributed by atoms with Crippen molar-refractivity contribution in [2.75, 3.05) is 0 Å². The molecule has 0 radical (unpaired) electrons. The lowest BCUT2D eigenvalue weighted by molar-refractivity contribution is 0.833. The molecule has 0 saturated heterocycles. The Morgan fingerprint density at radius 3 is 1.88 bits per heavy atom. The highest BCUT2D eigenvalue weighted by atomic mass is 14.3. The van der Waals surface area contributed by atoms with Gasteiger partial charge in [-0.25, -0.2) is 0 Å². The predicted octanol–water partition coefficient (Wildman–Crippen LogP) is 7.34. The quantitative estimate of drug-likeness (QED) is 0.347. The van der Waals surface area contributed by atoms with Gasteiger partial charge in [-0.05, 0) is 69.0 Å². The molecule has 0 bridgehead atoms. The van der Waals surface area contributed by atoms with Crippen molar-refractivity contribution in [1.29, 1.82) is 0 Å². The van der Waals surface area contributed by atoms with E-state index in [1.165, 1.54) is 66.0 Å². The van der Waals surface area contributed by atoms with Gasteiger partial charge in [0.05, 0.1) is 0 Å². The maximum atomic E-state index is 2.37. The van der Waals surface area contributed by atoms with Crippen LogP contribution in [0.1, 0.15) is 56.7 Å². The van der Waals surface area contributed by atoms with E-state index in [0.29, 0.717) is 0 Å². The molecule has 0 saturated carbocycles. The van der Waals surface area contributed by atoms with E-state index in [9.17, 15) is 0 Å². The summed E-state index contributed by atoms with van der Waals surface area (Å²) in [6.07, 6.45) is 7.25.